The van der Waals surface area contributed by atoms with Crippen molar-refractivity contribution in [3.05, 3.63) is 48.0 Å². The summed E-state index contributed by atoms with van der Waals surface area (Å²) in [5.74, 6) is 0. The number of pyridine rings is 1. The molecule has 0 aliphatic heterocycles. The molecule has 2 aromatic heterocycles. The number of hydrogen-bond acceptors (Lipinski definition) is 3. The van der Waals surface area contributed by atoms with Gasteiger partial charge < -0.3 is 5.32 Å². The highest BCUT2D eigenvalue weighted by atomic mass is 15.2. The van der Waals surface area contributed by atoms with Crippen LogP contribution < -0.4 is 5.32 Å². The van der Waals surface area contributed by atoms with Gasteiger partial charge in [0.05, 0.1) is 6.20 Å². The van der Waals surface area contributed by atoms with Gasteiger partial charge in [-0.25, -0.2) is 0 Å². The molecule has 18 heavy (non-hydrogen) atoms. The number of hydrogen-bond donors (Lipinski definition) is 1. The molecule has 2 heterocycles. The minimum absolute atomic E-state index is 0.308. The van der Waals surface area contributed by atoms with E-state index >= 15 is 0 Å². The van der Waals surface area contributed by atoms with Crippen LogP contribution in [0.5, 0.6) is 0 Å². The number of aromatic nitrogens is 3. The molecule has 0 saturated carbocycles. The molecule has 1 unspecified atom stereocenters. The molecule has 0 amide bonds. The molecular formula is C14H20N4. The second-order valence-corrected chi connectivity index (χ2v) is 4.52. The van der Waals surface area contributed by atoms with Crippen LogP contribution in [0.3, 0.4) is 0 Å². The Morgan fingerprint density at radius 3 is 2.89 bits per heavy atom. The summed E-state index contributed by atoms with van der Waals surface area (Å²) in [5.41, 5.74) is 2.48. The molecule has 2 aromatic rings. The van der Waals surface area contributed by atoms with Gasteiger partial charge in [0.25, 0.3) is 0 Å². The summed E-state index contributed by atoms with van der Waals surface area (Å²) in [4.78, 5) is 4.20. The van der Waals surface area contributed by atoms with Crippen molar-refractivity contribution in [3.8, 4) is 0 Å². The molecule has 4 heteroatoms. The summed E-state index contributed by atoms with van der Waals surface area (Å²) in [6, 6.07) is 4.42. The second kappa shape index (κ2) is 6.31. The normalized spacial score (nSPS) is 12.6. The van der Waals surface area contributed by atoms with Crippen LogP contribution in [0, 0.1) is 0 Å². The molecule has 0 saturated heterocycles. The van der Waals surface area contributed by atoms with Crippen LogP contribution in [-0.2, 0) is 13.5 Å². The zero-order chi connectivity index (χ0) is 12.8. The van der Waals surface area contributed by atoms with E-state index < -0.39 is 0 Å². The lowest BCUT2D eigenvalue weighted by Crippen LogP contribution is -2.24. The first kappa shape index (κ1) is 12.8. The van der Waals surface area contributed by atoms with Crippen molar-refractivity contribution in [1.29, 1.82) is 0 Å². The summed E-state index contributed by atoms with van der Waals surface area (Å²) in [5, 5.41) is 7.78. The highest BCUT2D eigenvalue weighted by Gasteiger charge is 2.12. The van der Waals surface area contributed by atoms with E-state index in [-0.39, 0.29) is 0 Å². The molecule has 96 valence electrons. The average Bonchev–Trinajstić information content (AvgIpc) is 2.81. The minimum atomic E-state index is 0.308. The first-order valence-electron chi connectivity index (χ1n) is 6.40. The van der Waals surface area contributed by atoms with Crippen molar-refractivity contribution in [2.24, 2.45) is 7.05 Å². The lowest BCUT2D eigenvalue weighted by Gasteiger charge is -2.17. The Kier molecular flexibility index (Phi) is 4.47. The van der Waals surface area contributed by atoms with E-state index in [0.717, 1.165) is 19.4 Å². The van der Waals surface area contributed by atoms with E-state index in [2.05, 4.69) is 34.6 Å². The fraction of sp³-hybridized carbons (Fsp3) is 0.429. The number of nitrogens with one attached hydrogen (secondary N) is 1. The Bertz CT molecular complexity index is 464. The van der Waals surface area contributed by atoms with Gasteiger partial charge in [-0.3, -0.25) is 9.67 Å². The lowest BCUT2D eigenvalue weighted by atomic mass is 10.0. The fourth-order valence-corrected chi connectivity index (χ4v) is 2.02. The monoisotopic (exact) mass is 244 g/mol. The van der Waals surface area contributed by atoms with E-state index in [1.54, 1.807) is 0 Å². The van der Waals surface area contributed by atoms with Gasteiger partial charge in [0.2, 0.25) is 0 Å². The van der Waals surface area contributed by atoms with Crippen LogP contribution in [0.15, 0.2) is 36.9 Å². The van der Waals surface area contributed by atoms with Gasteiger partial charge in [-0.05, 0) is 36.6 Å². The van der Waals surface area contributed by atoms with Crippen molar-refractivity contribution < 1.29 is 0 Å². The summed E-state index contributed by atoms with van der Waals surface area (Å²) in [6.07, 6.45) is 9.81. The third-order valence-electron chi connectivity index (χ3n) is 2.93. The Morgan fingerprint density at radius 2 is 2.28 bits per heavy atom. The molecule has 0 radical (unpaired) electrons. The third-order valence-corrected chi connectivity index (χ3v) is 2.93. The van der Waals surface area contributed by atoms with Crippen molar-refractivity contribution in [2.75, 3.05) is 6.54 Å². The topological polar surface area (TPSA) is 42.7 Å². The molecule has 0 spiro atoms. The van der Waals surface area contributed by atoms with E-state index in [4.69, 9.17) is 0 Å². The standard InChI is InChI=1S/C14H20N4/c1-3-6-16-14(13-5-4-7-15-10-13)8-12-9-17-18(2)11-12/h4-5,7,9-11,14,16H,3,6,8H2,1-2H3. The van der Waals surface area contributed by atoms with Crippen LogP contribution in [0.25, 0.3) is 0 Å². The van der Waals surface area contributed by atoms with Gasteiger partial charge in [0.1, 0.15) is 0 Å². The maximum Gasteiger partial charge on any atom is 0.0522 e. The van der Waals surface area contributed by atoms with Gasteiger partial charge in [0.15, 0.2) is 0 Å². The molecule has 0 bridgehead atoms. The highest BCUT2D eigenvalue weighted by Crippen LogP contribution is 2.17. The third kappa shape index (κ3) is 3.40. The highest BCUT2D eigenvalue weighted by molar-refractivity contribution is 5.18. The Labute approximate surface area is 108 Å². The zero-order valence-corrected chi connectivity index (χ0v) is 11.0. The first-order chi connectivity index (χ1) is 8.79. The van der Waals surface area contributed by atoms with Crippen molar-refractivity contribution >= 4 is 0 Å². The van der Waals surface area contributed by atoms with E-state index in [1.807, 2.05) is 36.4 Å². The quantitative estimate of drug-likeness (QED) is 0.846. The first-order valence-corrected chi connectivity index (χ1v) is 6.40. The molecular weight excluding hydrogens is 224 g/mol. The Balaban J connectivity index is 2.10. The van der Waals surface area contributed by atoms with E-state index in [9.17, 15) is 0 Å². The largest absolute Gasteiger partial charge is 0.310 e. The summed E-state index contributed by atoms with van der Waals surface area (Å²) < 4.78 is 1.84. The molecule has 2 rings (SSSR count). The van der Waals surface area contributed by atoms with Gasteiger partial charge >= 0.3 is 0 Å². The van der Waals surface area contributed by atoms with E-state index in [0.29, 0.717) is 6.04 Å². The SMILES string of the molecule is CCCNC(Cc1cnn(C)c1)c1cccnc1. The zero-order valence-electron chi connectivity index (χ0n) is 11.0. The number of aryl methyl sites for hydroxylation is 1. The average molecular weight is 244 g/mol. The Hall–Kier alpha value is -1.68. The Morgan fingerprint density at radius 1 is 1.39 bits per heavy atom. The second-order valence-electron chi connectivity index (χ2n) is 4.52. The van der Waals surface area contributed by atoms with Crippen molar-refractivity contribution in [1.82, 2.24) is 20.1 Å². The fourth-order valence-electron chi connectivity index (χ4n) is 2.02. The van der Waals surface area contributed by atoms with Gasteiger partial charge in [-0.2, -0.15) is 5.10 Å². The minimum Gasteiger partial charge on any atom is -0.310 e. The van der Waals surface area contributed by atoms with Crippen LogP contribution in [0.4, 0.5) is 0 Å². The molecule has 1 atom stereocenters. The smallest absolute Gasteiger partial charge is 0.0522 e. The lowest BCUT2D eigenvalue weighted by molar-refractivity contribution is 0.528. The van der Waals surface area contributed by atoms with Crippen molar-refractivity contribution in [2.45, 2.75) is 25.8 Å². The summed E-state index contributed by atoms with van der Waals surface area (Å²) >= 11 is 0. The molecule has 1 N–H and O–H groups in total. The van der Waals surface area contributed by atoms with Gasteiger partial charge in [0, 0.05) is 31.7 Å². The maximum atomic E-state index is 4.22. The van der Waals surface area contributed by atoms with E-state index in [1.165, 1.54) is 11.1 Å². The van der Waals surface area contributed by atoms with Crippen LogP contribution in [-0.4, -0.2) is 21.3 Å². The summed E-state index contributed by atoms with van der Waals surface area (Å²) in [6.45, 7) is 3.19. The summed E-state index contributed by atoms with van der Waals surface area (Å²) in [7, 11) is 1.95. The van der Waals surface area contributed by atoms with Crippen molar-refractivity contribution in [3.63, 3.8) is 0 Å². The number of rotatable bonds is 6. The van der Waals surface area contributed by atoms with Gasteiger partial charge in [-0.15, -0.1) is 0 Å². The predicted octanol–water partition coefficient (Wildman–Crippen LogP) is 2.10. The molecule has 0 aliphatic carbocycles. The molecule has 0 aliphatic rings. The van der Waals surface area contributed by atoms with Gasteiger partial charge in [-0.1, -0.05) is 13.0 Å². The van der Waals surface area contributed by atoms with Crippen LogP contribution >= 0.6 is 0 Å². The number of nitrogens with zero attached hydrogens (tertiary/aromatic N) is 3. The molecule has 0 aromatic carbocycles. The molecule has 4 nitrogen and oxygen atoms in total. The van der Waals surface area contributed by atoms with Crippen LogP contribution in [0.2, 0.25) is 0 Å². The molecule has 0 fully saturated rings. The maximum absolute atomic E-state index is 4.22. The van der Waals surface area contributed by atoms with Crippen LogP contribution in [0.1, 0.15) is 30.5 Å². The predicted molar refractivity (Wildman–Crippen MR) is 72.2 cm³/mol.